The van der Waals surface area contributed by atoms with E-state index in [0.717, 1.165) is 5.56 Å². The molecule has 28 heavy (non-hydrogen) atoms. The number of pyridine rings is 1. The number of amides is 1. The summed E-state index contributed by atoms with van der Waals surface area (Å²) in [6.45, 7) is 1.08. The van der Waals surface area contributed by atoms with E-state index in [2.05, 4.69) is 10.1 Å². The van der Waals surface area contributed by atoms with Gasteiger partial charge in [-0.3, -0.25) is 14.8 Å². The fourth-order valence-corrected chi connectivity index (χ4v) is 3.00. The van der Waals surface area contributed by atoms with Gasteiger partial charge in [0.2, 0.25) is 0 Å². The molecule has 1 aliphatic rings. The number of benzene rings is 1. The molecule has 2 aromatic rings. The van der Waals surface area contributed by atoms with Crippen LogP contribution in [0.4, 0.5) is 5.69 Å². The minimum Gasteiger partial charge on any atom is -0.480 e. The highest BCUT2D eigenvalue weighted by molar-refractivity contribution is 6.40. The van der Waals surface area contributed by atoms with E-state index in [4.69, 9.17) is 4.74 Å². The standard InChI is InChI=1S/C20H22N4O4/c1-28-11-10-23(14-15-6-5-9-21-13-15)19(25)17-12-18(20(26)27)24(22-17)16-7-3-2-4-8-16/h2-9,13,18H,10-12,14H2,1H3,(H,26,27). The Morgan fingerprint density at radius 1 is 1.25 bits per heavy atom. The lowest BCUT2D eigenvalue weighted by molar-refractivity contribution is -0.138. The van der Waals surface area contributed by atoms with Crippen molar-refractivity contribution in [2.24, 2.45) is 5.10 Å². The number of ether oxygens (including phenoxy) is 1. The summed E-state index contributed by atoms with van der Waals surface area (Å²) in [5.74, 6) is -1.32. The zero-order valence-corrected chi connectivity index (χ0v) is 15.6. The van der Waals surface area contributed by atoms with Crippen molar-refractivity contribution in [3.05, 3.63) is 60.4 Å². The Morgan fingerprint density at radius 2 is 2.04 bits per heavy atom. The van der Waals surface area contributed by atoms with Gasteiger partial charge in [-0.2, -0.15) is 5.10 Å². The number of carboxylic acid groups (broad SMARTS) is 1. The molecule has 1 aromatic heterocycles. The Labute approximate surface area is 163 Å². The largest absolute Gasteiger partial charge is 0.480 e. The van der Waals surface area contributed by atoms with Crippen molar-refractivity contribution in [1.29, 1.82) is 0 Å². The maximum absolute atomic E-state index is 13.1. The van der Waals surface area contributed by atoms with Crippen LogP contribution in [0, 0.1) is 0 Å². The first-order valence-electron chi connectivity index (χ1n) is 8.92. The molecule has 0 spiro atoms. The second-order valence-electron chi connectivity index (χ2n) is 6.37. The summed E-state index contributed by atoms with van der Waals surface area (Å²) >= 11 is 0. The van der Waals surface area contributed by atoms with Crippen molar-refractivity contribution < 1.29 is 19.4 Å². The molecule has 1 amide bonds. The van der Waals surface area contributed by atoms with Gasteiger partial charge in [0.05, 0.1) is 12.3 Å². The van der Waals surface area contributed by atoms with Crippen LogP contribution in [0.25, 0.3) is 0 Å². The number of hydrazone groups is 1. The number of hydrogen-bond donors (Lipinski definition) is 1. The van der Waals surface area contributed by atoms with Crippen LogP contribution in [0.2, 0.25) is 0 Å². The molecule has 1 N–H and O–H groups in total. The van der Waals surface area contributed by atoms with Gasteiger partial charge in [0, 0.05) is 39.0 Å². The number of methoxy groups -OCH3 is 1. The highest BCUT2D eigenvalue weighted by Gasteiger charge is 2.37. The molecule has 1 aromatic carbocycles. The van der Waals surface area contributed by atoms with Gasteiger partial charge in [-0.15, -0.1) is 0 Å². The third kappa shape index (κ3) is 4.52. The number of rotatable bonds is 8. The summed E-state index contributed by atoms with van der Waals surface area (Å²) in [6, 6.07) is 11.8. The maximum atomic E-state index is 13.1. The lowest BCUT2D eigenvalue weighted by Gasteiger charge is -2.22. The fraction of sp³-hybridized carbons (Fsp3) is 0.300. The third-order valence-electron chi connectivity index (χ3n) is 4.41. The molecule has 8 heteroatoms. The van der Waals surface area contributed by atoms with E-state index in [1.807, 2.05) is 12.1 Å². The van der Waals surface area contributed by atoms with Crippen LogP contribution in [-0.4, -0.2) is 58.9 Å². The number of aromatic nitrogens is 1. The van der Waals surface area contributed by atoms with Gasteiger partial charge < -0.3 is 14.7 Å². The SMILES string of the molecule is COCCN(Cc1cccnc1)C(=O)C1=NN(c2ccccc2)C(C(=O)O)C1. The Balaban J connectivity index is 1.83. The Kier molecular flexibility index (Phi) is 6.33. The maximum Gasteiger partial charge on any atom is 0.328 e. The van der Waals surface area contributed by atoms with Gasteiger partial charge in [-0.1, -0.05) is 24.3 Å². The van der Waals surface area contributed by atoms with E-state index >= 15 is 0 Å². The summed E-state index contributed by atoms with van der Waals surface area (Å²) in [5.41, 5.74) is 1.73. The fourth-order valence-electron chi connectivity index (χ4n) is 3.00. The molecular formula is C20H22N4O4. The van der Waals surface area contributed by atoms with Crippen molar-refractivity contribution in [2.75, 3.05) is 25.3 Å². The number of anilines is 1. The number of nitrogens with zero attached hydrogens (tertiary/aromatic N) is 4. The molecule has 0 radical (unpaired) electrons. The average molecular weight is 382 g/mol. The number of carbonyl (C=O) groups excluding carboxylic acids is 1. The normalized spacial score (nSPS) is 16.0. The Hall–Kier alpha value is -3.26. The highest BCUT2D eigenvalue weighted by atomic mass is 16.5. The monoisotopic (exact) mass is 382 g/mol. The van der Waals surface area contributed by atoms with Crippen molar-refractivity contribution >= 4 is 23.3 Å². The Bertz CT molecular complexity index is 842. The van der Waals surface area contributed by atoms with E-state index in [1.165, 1.54) is 5.01 Å². The van der Waals surface area contributed by atoms with Gasteiger partial charge in [-0.25, -0.2) is 4.79 Å². The first-order chi connectivity index (χ1) is 13.6. The van der Waals surface area contributed by atoms with Crippen LogP contribution in [0.5, 0.6) is 0 Å². The molecule has 1 atom stereocenters. The van der Waals surface area contributed by atoms with Crippen molar-refractivity contribution in [3.63, 3.8) is 0 Å². The highest BCUT2D eigenvalue weighted by Crippen LogP contribution is 2.25. The molecule has 3 rings (SSSR count). The van der Waals surface area contributed by atoms with Crippen LogP contribution < -0.4 is 5.01 Å². The molecule has 0 fully saturated rings. The molecule has 8 nitrogen and oxygen atoms in total. The van der Waals surface area contributed by atoms with Crippen LogP contribution in [0.3, 0.4) is 0 Å². The minimum atomic E-state index is -1.02. The predicted molar refractivity (Wildman–Crippen MR) is 104 cm³/mol. The average Bonchev–Trinajstić information content (AvgIpc) is 3.18. The first-order valence-corrected chi connectivity index (χ1v) is 8.92. The zero-order valence-electron chi connectivity index (χ0n) is 15.6. The zero-order chi connectivity index (χ0) is 19.9. The number of hydrogen-bond acceptors (Lipinski definition) is 6. The molecule has 2 heterocycles. The van der Waals surface area contributed by atoms with Crippen LogP contribution in [0.15, 0.2) is 60.0 Å². The molecular weight excluding hydrogens is 360 g/mol. The van der Waals surface area contributed by atoms with E-state index in [-0.39, 0.29) is 18.0 Å². The number of carboxylic acids is 1. The van der Waals surface area contributed by atoms with E-state index in [1.54, 1.807) is 54.7 Å². The van der Waals surface area contributed by atoms with Crippen molar-refractivity contribution in [2.45, 2.75) is 19.0 Å². The predicted octanol–water partition coefficient (Wildman–Crippen LogP) is 1.78. The second kappa shape index (κ2) is 9.09. The minimum absolute atomic E-state index is 0.0413. The van der Waals surface area contributed by atoms with Crippen LogP contribution in [-0.2, 0) is 20.9 Å². The van der Waals surface area contributed by atoms with Gasteiger partial charge in [-0.05, 0) is 23.8 Å². The van der Waals surface area contributed by atoms with E-state index in [9.17, 15) is 14.7 Å². The second-order valence-corrected chi connectivity index (χ2v) is 6.37. The molecule has 146 valence electrons. The van der Waals surface area contributed by atoms with E-state index < -0.39 is 12.0 Å². The molecule has 0 saturated carbocycles. The van der Waals surface area contributed by atoms with Gasteiger partial charge >= 0.3 is 5.97 Å². The molecule has 0 aliphatic carbocycles. The first kappa shape index (κ1) is 19.5. The van der Waals surface area contributed by atoms with Gasteiger partial charge in [0.15, 0.2) is 6.04 Å². The van der Waals surface area contributed by atoms with Gasteiger partial charge in [0.1, 0.15) is 5.71 Å². The topological polar surface area (TPSA) is 95.3 Å². The lowest BCUT2D eigenvalue weighted by atomic mass is 10.1. The van der Waals surface area contributed by atoms with E-state index in [0.29, 0.717) is 25.4 Å². The van der Waals surface area contributed by atoms with Crippen LogP contribution >= 0.6 is 0 Å². The molecule has 1 aliphatic heterocycles. The summed E-state index contributed by atoms with van der Waals surface area (Å²) in [5, 5.41) is 15.3. The smallest absolute Gasteiger partial charge is 0.328 e. The lowest BCUT2D eigenvalue weighted by Crippen LogP contribution is -2.39. The summed E-state index contributed by atoms with van der Waals surface area (Å²) in [6.07, 6.45) is 3.40. The number of para-hydroxylation sites is 1. The summed E-state index contributed by atoms with van der Waals surface area (Å²) in [7, 11) is 1.57. The number of carbonyl (C=O) groups is 2. The molecule has 0 bridgehead atoms. The molecule has 1 unspecified atom stereocenters. The Morgan fingerprint density at radius 3 is 2.68 bits per heavy atom. The number of aliphatic carboxylic acids is 1. The quantitative estimate of drug-likeness (QED) is 0.748. The molecule has 0 saturated heterocycles. The summed E-state index contributed by atoms with van der Waals surface area (Å²) in [4.78, 5) is 30.5. The summed E-state index contributed by atoms with van der Waals surface area (Å²) < 4.78 is 5.12. The van der Waals surface area contributed by atoms with Crippen LogP contribution in [0.1, 0.15) is 12.0 Å². The van der Waals surface area contributed by atoms with Crippen molar-refractivity contribution in [1.82, 2.24) is 9.88 Å². The van der Waals surface area contributed by atoms with Crippen molar-refractivity contribution in [3.8, 4) is 0 Å². The third-order valence-corrected chi connectivity index (χ3v) is 4.41. The van der Waals surface area contributed by atoms with Gasteiger partial charge in [0.25, 0.3) is 5.91 Å².